The molecule has 110 valence electrons. The standard InChI is InChI=1S/C13H16BrNO4S/c1-8(9-3-4-9)15(2)20(18,19)12-6-5-10(13(16)17)7-11(12)14/h5-9H,3-4H2,1-2H3,(H,16,17). The smallest absolute Gasteiger partial charge is 0.335 e. The van der Waals surface area contributed by atoms with Crippen LogP contribution in [-0.4, -0.2) is 36.9 Å². The summed E-state index contributed by atoms with van der Waals surface area (Å²) < 4.78 is 26.7. The Hall–Kier alpha value is -0.920. The second kappa shape index (κ2) is 5.46. The van der Waals surface area contributed by atoms with Crippen LogP contribution in [0.25, 0.3) is 0 Å². The molecule has 5 nitrogen and oxygen atoms in total. The van der Waals surface area contributed by atoms with Crippen LogP contribution in [0.3, 0.4) is 0 Å². The molecular weight excluding hydrogens is 346 g/mol. The average molecular weight is 362 g/mol. The van der Waals surface area contributed by atoms with Crippen LogP contribution in [0.5, 0.6) is 0 Å². The summed E-state index contributed by atoms with van der Waals surface area (Å²) in [4.78, 5) is 11.0. The Bertz CT molecular complexity index is 640. The summed E-state index contributed by atoms with van der Waals surface area (Å²) in [6, 6.07) is 3.89. The first kappa shape index (κ1) is 15.5. The molecule has 0 aliphatic heterocycles. The van der Waals surface area contributed by atoms with Crippen molar-refractivity contribution in [3.63, 3.8) is 0 Å². The molecule has 0 radical (unpaired) electrons. The van der Waals surface area contributed by atoms with Gasteiger partial charge in [-0.2, -0.15) is 4.31 Å². The van der Waals surface area contributed by atoms with Crippen molar-refractivity contribution in [3.8, 4) is 0 Å². The molecule has 0 heterocycles. The quantitative estimate of drug-likeness (QED) is 0.874. The highest BCUT2D eigenvalue weighted by atomic mass is 79.9. The molecule has 0 aromatic heterocycles. The Morgan fingerprint density at radius 3 is 2.50 bits per heavy atom. The van der Waals surface area contributed by atoms with Gasteiger partial charge in [-0.25, -0.2) is 13.2 Å². The van der Waals surface area contributed by atoms with Gasteiger partial charge in [0.2, 0.25) is 10.0 Å². The van der Waals surface area contributed by atoms with Crippen LogP contribution in [0.15, 0.2) is 27.6 Å². The van der Waals surface area contributed by atoms with Crippen LogP contribution in [0.4, 0.5) is 0 Å². The van der Waals surface area contributed by atoms with Crippen molar-refractivity contribution in [2.24, 2.45) is 5.92 Å². The summed E-state index contributed by atoms with van der Waals surface area (Å²) in [5.41, 5.74) is 0.0497. The third-order valence-corrected chi connectivity index (χ3v) is 6.63. The van der Waals surface area contributed by atoms with Gasteiger partial charge < -0.3 is 5.11 Å². The van der Waals surface area contributed by atoms with Crippen molar-refractivity contribution in [3.05, 3.63) is 28.2 Å². The monoisotopic (exact) mass is 361 g/mol. The molecule has 1 saturated carbocycles. The predicted molar refractivity (Wildman–Crippen MR) is 78.2 cm³/mol. The summed E-state index contributed by atoms with van der Waals surface area (Å²) in [7, 11) is -2.06. The van der Waals surface area contributed by atoms with E-state index in [-0.39, 0.29) is 21.0 Å². The van der Waals surface area contributed by atoms with E-state index < -0.39 is 16.0 Å². The largest absolute Gasteiger partial charge is 0.478 e. The minimum atomic E-state index is -3.62. The van der Waals surface area contributed by atoms with E-state index in [1.165, 1.54) is 22.5 Å². The van der Waals surface area contributed by atoms with Gasteiger partial charge in [0.1, 0.15) is 0 Å². The first-order valence-corrected chi connectivity index (χ1v) is 8.49. The zero-order valence-corrected chi connectivity index (χ0v) is 13.6. The molecule has 1 unspecified atom stereocenters. The van der Waals surface area contributed by atoms with Crippen molar-refractivity contribution < 1.29 is 18.3 Å². The number of benzene rings is 1. The molecule has 1 N–H and O–H groups in total. The Balaban J connectivity index is 2.36. The van der Waals surface area contributed by atoms with Gasteiger partial charge >= 0.3 is 5.97 Å². The third-order valence-electron chi connectivity index (χ3n) is 3.71. The van der Waals surface area contributed by atoms with E-state index >= 15 is 0 Å². The number of carboxylic acid groups (broad SMARTS) is 1. The molecule has 2 rings (SSSR count). The van der Waals surface area contributed by atoms with Gasteiger partial charge in [-0.3, -0.25) is 0 Å². The number of carboxylic acids is 1. The van der Waals surface area contributed by atoms with E-state index in [0.717, 1.165) is 12.8 Å². The van der Waals surface area contributed by atoms with Gasteiger partial charge in [0.25, 0.3) is 0 Å². The summed E-state index contributed by atoms with van der Waals surface area (Å²) in [5.74, 6) is -0.666. The molecule has 0 saturated heterocycles. The Morgan fingerprint density at radius 2 is 2.05 bits per heavy atom. The van der Waals surface area contributed by atoms with Crippen LogP contribution < -0.4 is 0 Å². The maximum absolute atomic E-state index is 12.6. The molecule has 20 heavy (non-hydrogen) atoms. The Labute approximate surface area is 126 Å². The number of aromatic carboxylic acids is 1. The zero-order valence-electron chi connectivity index (χ0n) is 11.2. The van der Waals surface area contributed by atoms with E-state index in [0.29, 0.717) is 5.92 Å². The van der Waals surface area contributed by atoms with Crippen LogP contribution in [-0.2, 0) is 10.0 Å². The summed E-state index contributed by atoms with van der Waals surface area (Å²) in [6.07, 6.45) is 2.11. The molecule has 1 aliphatic rings. The number of carbonyl (C=O) groups is 1. The molecule has 1 fully saturated rings. The first-order chi connectivity index (χ1) is 9.25. The van der Waals surface area contributed by atoms with E-state index in [4.69, 9.17) is 5.11 Å². The fraction of sp³-hybridized carbons (Fsp3) is 0.462. The lowest BCUT2D eigenvalue weighted by atomic mass is 10.2. The zero-order chi connectivity index (χ0) is 15.1. The van der Waals surface area contributed by atoms with Crippen LogP contribution in [0.2, 0.25) is 0 Å². The van der Waals surface area contributed by atoms with E-state index in [9.17, 15) is 13.2 Å². The van der Waals surface area contributed by atoms with Gasteiger partial charge in [-0.05, 0) is 59.8 Å². The normalized spacial score (nSPS) is 17.2. The minimum absolute atomic E-state index is 0.0497. The fourth-order valence-electron chi connectivity index (χ4n) is 2.09. The third kappa shape index (κ3) is 2.89. The topological polar surface area (TPSA) is 74.7 Å². The summed E-state index contributed by atoms with van der Waals surface area (Å²) >= 11 is 3.15. The van der Waals surface area contributed by atoms with E-state index in [1.807, 2.05) is 6.92 Å². The van der Waals surface area contributed by atoms with Crippen LogP contribution in [0.1, 0.15) is 30.1 Å². The molecule has 1 aliphatic carbocycles. The molecule has 7 heteroatoms. The maximum atomic E-state index is 12.6. The summed E-state index contributed by atoms with van der Waals surface area (Å²) in [5, 5.41) is 8.90. The van der Waals surface area contributed by atoms with Crippen LogP contribution in [0, 0.1) is 5.92 Å². The lowest BCUT2D eigenvalue weighted by Crippen LogP contribution is -2.36. The van der Waals surface area contributed by atoms with Crippen molar-refractivity contribution in [2.75, 3.05) is 7.05 Å². The number of halogens is 1. The highest BCUT2D eigenvalue weighted by molar-refractivity contribution is 9.10. The van der Waals surface area contributed by atoms with Gasteiger partial charge in [0, 0.05) is 17.6 Å². The molecule has 1 aromatic rings. The maximum Gasteiger partial charge on any atom is 0.335 e. The molecular formula is C13H16BrNO4S. The number of rotatable bonds is 5. The predicted octanol–water partition coefficient (Wildman–Crippen LogP) is 2.57. The number of sulfonamides is 1. The van der Waals surface area contributed by atoms with Gasteiger partial charge in [0.05, 0.1) is 10.5 Å². The van der Waals surface area contributed by atoms with Crippen molar-refractivity contribution in [2.45, 2.75) is 30.7 Å². The van der Waals surface area contributed by atoms with Gasteiger partial charge in [0.15, 0.2) is 0 Å². The minimum Gasteiger partial charge on any atom is -0.478 e. The number of hydrogen-bond donors (Lipinski definition) is 1. The van der Waals surface area contributed by atoms with Gasteiger partial charge in [-0.15, -0.1) is 0 Å². The lowest BCUT2D eigenvalue weighted by Gasteiger charge is -2.24. The molecule has 1 aromatic carbocycles. The molecule has 0 amide bonds. The highest BCUT2D eigenvalue weighted by Crippen LogP contribution is 2.37. The lowest BCUT2D eigenvalue weighted by molar-refractivity contribution is 0.0696. The van der Waals surface area contributed by atoms with Crippen molar-refractivity contribution in [1.82, 2.24) is 4.31 Å². The molecule has 1 atom stereocenters. The second-order valence-corrected chi connectivity index (χ2v) is 7.87. The number of nitrogens with zero attached hydrogens (tertiary/aromatic N) is 1. The van der Waals surface area contributed by atoms with Crippen molar-refractivity contribution >= 4 is 31.9 Å². The average Bonchev–Trinajstić information content (AvgIpc) is 3.20. The Kier molecular flexibility index (Phi) is 4.22. The molecule has 0 spiro atoms. The van der Waals surface area contributed by atoms with Crippen LogP contribution >= 0.6 is 15.9 Å². The molecule has 0 bridgehead atoms. The second-order valence-electron chi connectivity index (χ2n) is 5.05. The first-order valence-electron chi connectivity index (χ1n) is 6.26. The number of hydrogen-bond acceptors (Lipinski definition) is 3. The Morgan fingerprint density at radius 1 is 1.45 bits per heavy atom. The fourth-order valence-corrected chi connectivity index (χ4v) is 4.55. The van der Waals surface area contributed by atoms with E-state index in [2.05, 4.69) is 15.9 Å². The summed E-state index contributed by atoms with van der Waals surface area (Å²) in [6.45, 7) is 1.90. The van der Waals surface area contributed by atoms with Crippen molar-refractivity contribution in [1.29, 1.82) is 0 Å². The highest BCUT2D eigenvalue weighted by Gasteiger charge is 2.36. The van der Waals surface area contributed by atoms with Gasteiger partial charge in [-0.1, -0.05) is 0 Å². The van der Waals surface area contributed by atoms with E-state index in [1.54, 1.807) is 7.05 Å². The SMILES string of the molecule is CC(C1CC1)N(C)S(=O)(=O)c1ccc(C(=O)O)cc1Br.